The van der Waals surface area contributed by atoms with Crippen LogP contribution in [0.25, 0.3) is 32.7 Å². The summed E-state index contributed by atoms with van der Waals surface area (Å²) in [6.45, 7) is 5.80. The molecule has 2 N–H and O–H groups in total. The Morgan fingerprint density at radius 3 is 2.30 bits per heavy atom. The first-order valence-electron chi connectivity index (χ1n) is 23.1. The van der Waals surface area contributed by atoms with Crippen molar-refractivity contribution in [1.29, 1.82) is 0 Å². The van der Waals surface area contributed by atoms with Gasteiger partial charge in [-0.2, -0.15) is 13.9 Å². The number of aromatic nitrogens is 6. The van der Waals surface area contributed by atoms with E-state index >= 15 is 17.6 Å². The number of carbonyl (C=O) groups excluding carboxylic acids is 3. The van der Waals surface area contributed by atoms with Crippen molar-refractivity contribution < 1.29 is 58.6 Å². The minimum atomic E-state index is -4.12. The lowest BCUT2D eigenvalue weighted by Crippen LogP contribution is -2.37. The first kappa shape index (κ1) is 51.4. The van der Waals surface area contributed by atoms with Gasteiger partial charge in [0.1, 0.15) is 46.8 Å². The van der Waals surface area contributed by atoms with Gasteiger partial charge in [0.2, 0.25) is 5.91 Å². The molecule has 7 aromatic rings. The van der Waals surface area contributed by atoms with Crippen molar-refractivity contribution in [2.75, 3.05) is 6.54 Å². The van der Waals surface area contributed by atoms with E-state index in [0.29, 0.717) is 40.8 Å². The lowest BCUT2D eigenvalue weighted by Gasteiger charge is -2.29. The minimum absolute atomic E-state index is 0.0408. The van der Waals surface area contributed by atoms with Crippen LogP contribution >= 0.6 is 11.3 Å². The Balaban J connectivity index is 1.06. The van der Waals surface area contributed by atoms with E-state index in [1.807, 2.05) is 12.1 Å². The number of rotatable bonds is 11. The first-order chi connectivity index (χ1) is 34.9. The normalized spacial score (nSPS) is 16.5. The lowest BCUT2D eigenvalue weighted by molar-refractivity contribution is -0.123. The number of nitrogens with zero attached hydrogens (tertiary/aromatic N) is 6. The maximum absolute atomic E-state index is 15.3. The maximum atomic E-state index is 15.3. The maximum Gasteiger partial charge on any atom is 0.410 e. The van der Waals surface area contributed by atoms with Gasteiger partial charge in [0.25, 0.3) is 18.3 Å². The number of aromatic amines is 1. The Kier molecular flexibility index (Phi) is 13.7. The van der Waals surface area contributed by atoms with Crippen LogP contribution in [0.3, 0.4) is 0 Å². The van der Waals surface area contributed by atoms with Crippen molar-refractivity contribution in [3.05, 3.63) is 141 Å². The molecule has 74 heavy (non-hydrogen) atoms. The molecule has 1 aliphatic carbocycles. The van der Waals surface area contributed by atoms with Crippen LogP contribution in [0.1, 0.15) is 127 Å². The number of alkyl halides is 6. The number of thiazole rings is 1. The van der Waals surface area contributed by atoms with Crippen LogP contribution in [0.15, 0.2) is 72.9 Å². The monoisotopic (exact) mass is 1050 g/mol. The predicted octanol–water partition coefficient (Wildman–Crippen LogP) is 12.1. The molecule has 12 nitrogen and oxygen atoms in total. The lowest BCUT2D eigenvalue weighted by atomic mass is 9.89. The fourth-order valence-corrected chi connectivity index (χ4v) is 9.89. The van der Waals surface area contributed by atoms with Crippen molar-refractivity contribution in [2.24, 2.45) is 0 Å². The molecule has 0 radical (unpaired) electrons. The molecular weight excluding hydrogens is 1000 g/mol. The number of benzene rings is 3. The zero-order chi connectivity index (χ0) is 53.0. The number of fused-ring (bicyclic) bond motifs is 2. The van der Waals surface area contributed by atoms with E-state index in [1.54, 1.807) is 50.1 Å². The number of pyridine rings is 1. The van der Waals surface area contributed by atoms with Crippen molar-refractivity contribution in [3.63, 3.8) is 0 Å². The summed E-state index contributed by atoms with van der Waals surface area (Å²) in [6, 6.07) is 13.0. The van der Waals surface area contributed by atoms with Gasteiger partial charge in [-0.05, 0) is 112 Å². The summed E-state index contributed by atoms with van der Waals surface area (Å²) in [5.41, 5.74) is -3.56. The molecule has 2 atom stereocenters. The zero-order valence-corrected chi connectivity index (χ0v) is 40.6. The van der Waals surface area contributed by atoms with Crippen molar-refractivity contribution in [1.82, 2.24) is 39.9 Å². The number of nitrogens with one attached hydrogen (secondary N) is 2. The quantitative estimate of drug-likeness (QED) is 0.0739. The SMILES string of the molecule is CC(=O)c1cc(-c2cc3sc(C#Cc4ccc(-c5cnc(C6CCCN6C(=O)OC(C)(C)C)[nH]5)cc4)nc3nc2[C@H](Cc2cc(F)cc(F)c2)NC(=O)Cn2nc(C(F)F)c3c2C(F)(F)CCC3(F)F)ccc1F. The van der Waals surface area contributed by atoms with Gasteiger partial charge in [-0.25, -0.2) is 50.5 Å². The van der Waals surface area contributed by atoms with E-state index in [2.05, 4.69) is 37.2 Å². The highest BCUT2D eigenvalue weighted by atomic mass is 32.1. The minimum Gasteiger partial charge on any atom is -0.444 e. The Hall–Kier alpha value is -7.54. The number of H-pyrrole nitrogens is 1. The summed E-state index contributed by atoms with van der Waals surface area (Å²) in [6.07, 6.45) is -4.29. The number of halogens is 9. The molecule has 384 valence electrons. The largest absolute Gasteiger partial charge is 0.444 e. The molecule has 3 aromatic carbocycles. The van der Waals surface area contributed by atoms with Gasteiger partial charge in [0.05, 0.1) is 45.5 Å². The van der Waals surface area contributed by atoms with Crippen LogP contribution in [0.4, 0.5) is 44.3 Å². The topological polar surface area (TPSA) is 148 Å². The number of Topliss-reactive ketones (excluding diaryl/α,β-unsaturated/α-hetero) is 1. The number of hydrogen-bond donors (Lipinski definition) is 2. The second kappa shape index (κ2) is 19.7. The molecule has 1 fully saturated rings. The van der Waals surface area contributed by atoms with E-state index in [-0.39, 0.29) is 49.3 Å². The van der Waals surface area contributed by atoms with Gasteiger partial charge in [-0.3, -0.25) is 19.2 Å². The number of ether oxygens (including phenoxy) is 1. The summed E-state index contributed by atoms with van der Waals surface area (Å²) in [5, 5.41) is 6.15. The van der Waals surface area contributed by atoms with Gasteiger partial charge >= 0.3 is 6.09 Å². The molecule has 4 aromatic heterocycles. The summed E-state index contributed by atoms with van der Waals surface area (Å²) >= 11 is 1.09. The number of likely N-dealkylation sites (tertiary alicyclic amines) is 1. The van der Waals surface area contributed by atoms with Crippen LogP contribution in [0.5, 0.6) is 0 Å². The van der Waals surface area contributed by atoms with Crippen LogP contribution in [0, 0.1) is 29.3 Å². The first-order valence-corrected chi connectivity index (χ1v) is 23.9. The summed E-state index contributed by atoms with van der Waals surface area (Å²) in [5.74, 6) is -6.30. The van der Waals surface area contributed by atoms with E-state index in [9.17, 15) is 36.3 Å². The molecule has 0 spiro atoms. The van der Waals surface area contributed by atoms with Gasteiger partial charge in [0, 0.05) is 36.6 Å². The zero-order valence-electron chi connectivity index (χ0n) is 39.7. The van der Waals surface area contributed by atoms with Crippen LogP contribution in [-0.2, 0) is 34.3 Å². The van der Waals surface area contributed by atoms with E-state index in [4.69, 9.17) is 9.72 Å². The molecular formula is C52H43F9N8O4S. The van der Waals surface area contributed by atoms with Gasteiger partial charge in [-0.15, -0.1) is 11.3 Å². The fraction of sp³-hybridized carbons (Fsp3) is 0.327. The van der Waals surface area contributed by atoms with Gasteiger partial charge in [0.15, 0.2) is 16.4 Å². The number of carbonyl (C=O) groups is 3. The predicted molar refractivity (Wildman–Crippen MR) is 253 cm³/mol. The van der Waals surface area contributed by atoms with Crippen LogP contribution < -0.4 is 5.32 Å². The highest BCUT2D eigenvalue weighted by Gasteiger charge is 2.55. The van der Waals surface area contributed by atoms with Crippen molar-refractivity contribution >= 4 is 39.5 Å². The number of imidazole rings is 1. The number of ketones is 1. The van der Waals surface area contributed by atoms with Crippen molar-refractivity contribution in [3.8, 4) is 34.2 Å². The Morgan fingerprint density at radius 2 is 1.61 bits per heavy atom. The highest BCUT2D eigenvalue weighted by Crippen LogP contribution is 2.52. The fourth-order valence-electron chi connectivity index (χ4n) is 9.09. The average Bonchev–Trinajstić information content (AvgIpc) is 4.15. The molecule has 9 rings (SSSR count). The molecule has 5 heterocycles. The second-order valence-corrected chi connectivity index (χ2v) is 20.0. The molecule has 22 heteroatoms. The van der Waals surface area contributed by atoms with Crippen LogP contribution in [0.2, 0.25) is 0 Å². The molecule has 1 aliphatic heterocycles. The number of amides is 2. The van der Waals surface area contributed by atoms with Gasteiger partial charge in [-0.1, -0.05) is 24.1 Å². The molecule has 1 unspecified atom stereocenters. The highest BCUT2D eigenvalue weighted by molar-refractivity contribution is 7.19. The number of hydrogen-bond acceptors (Lipinski definition) is 9. The Morgan fingerprint density at radius 1 is 0.905 bits per heavy atom. The third kappa shape index (κ3) is 10.7. The second-order valence-electron chi connectivity index (χ2n) is 18.9. The molecule has 0 saturated carbocycles. The van der Waals surface area contributed by atoms with E-state index in [0.717, 1.165) is 48.4 Å². The molecule has 1 saturated heterocycles. The third-order valence-electron chi connectivity index (χ3n) is 12.3. The van der Waals surface area contributed by atoms with E-state index < -0.39 is 108 Å². The van der Waals surface area contributed by atoms with Gasteiger partial charge < -0.3 is 15.0 Å². The summed E-state index contributed by atoms with van der Waals surface area (Å²) in [4.78, 5) is 58.3. The van der Waals surface area contributed by atoms with E-state index in [1.165, 1.54) is 12.1 Å². The molecule has 0 bridgehead atoms. The molecule has 2 amide bonds. The smallest absolute Gasteiger partial charge is 0.410 e. The third-order valence-corrected chi connectivity index (χ3v) is 13.2. The molecule has 2 aliphatic rings. The standard InChI is InChI=1S/C52H43F9N8O4S/c1-26(70)33-21-30(12-13-35(33)55)34-23-39-48(65-41(74-39)14-9-27-7-10-29(11-8-27)37-24-62-47(64-37)38-6-5-17-68(38)49(72)73-50(2,3)4)66-43(34)36(20-28-18-31(53)22-32(54)19-28)63-40(71)25-69-45-42(44(67-69)46(56)57)51(58,59)15-16-52(45,60)61/h7-8,10-13,18-19,21-24,36,38,46H,5-6,15-17,20,25H2,1-4H3,(H,62,64)(H,63,71)/t36-,38?/m0/s1. The van der Waals surface area contributed by atoms with Crippen molar-refractivity contribution in [2.45, 2.75) is 102 Å². The van der Waals surface area contributed by atoms with Crippen LogP contribution in [-0.4, -0.2) is 64.5 Å². The Bertz CT molecular complexity index is 3390. The summed E-state index contributed by atoms with van der Waals surface area (Å²) < 4.78 is 139. The Labute approximate surface area is 420 Å². The summed E-state index contributed by atoms with van der Waals surface area (Å²) in [7, 11) is 0. The average molecular weight is 1050 g/mol.